The number of rotatable bonds is 7. The number of nitrogens with zero attached hydrogens (tertiary/aromatic N) is 3. The van der Waals surface area contributed by atoms with Crippen LogP contribution in [0.15, 0.2) is 0 Å². The van der Waals surface area contributed by atoms with Gasteiger partial charge in [-0.1, -0.05) is 34.1 Å². The van der Waals surface area contributed by atoms with E-state index >= 15 is 0 Å². The van der Waals surface area contributed by atoms with Crippen molar-refractivity contribution in [1.82, 2.24) is 15.2 Å². The minimum absolute atomic E-state index is 0.526. The van der Waals surface area contributed by atoms with Crippen molar-refractivity contribution < 1.29 is 0 Å². The molecule has 1 N–H and O–H groups in total. The van der Waals surface area contributed by atoms with Crippen molar-refractivity contribution in [2.75, 3.05) is 37.6 Å². The first-order valence-electron chi connectivity index (χ1n) is 8.33. The molecule has 0 amide bonds. The third-order valence-electron chi connectivity index (χ3n) is 4.01. The normalized spacial score (nSPS) is 16.9. The van der Waals surface area contributed by atoms with Gasteiger partial charge in [0, 0.05) is 43.6 Å². The molecule has 0 unspecified atom stereocenters. The quantitative estimate of drug-likeness (QED) is 0.839. The van der Waals surface area contributed by atoms with Gasteiger partial charge >= 0.3 is 0 Å². The maximum Gasteiger partial charge on any atom is 0.185 e. The number of anilines is 1. The summed E-state index contributed by atoms with van der Waals surface area (Å²) in [4.78, 5) is 11.3. The van der Waals surface area contributed by atoms with Gasteiger partial charge in [0.15, 0.2) is 5.13 Å². The van der Waals surface area contributed by atoms with Gasteiger partial charge in [0.05, 0.1) is 5.69 Å². The number of hydrogen-bond acceptors (Lipinski definition) is 5. The number of hydrogen-bond donors (Lipinski definition) is 1. The molecule has 1 aliphatic rings. The van der Waals surface area contributed by atoms with Crippen LogP contribution in [0.2, 0.25) is 0 Å². The first-order chi connectivity index (χ1) is 10.1. The molecule has 2 heterocycles. The molecule has 5 heteroatoms. The number of aryl methyl sites for hydroxylation is 1. The van der Waals surface area contributed by atoms with Crippen LogP contribution in [0.25, 0.3) is 0 Å². The lowest BCUT2D eigenvalue weighted by atomic mass is 10.2. The van der Waals surface area contributed by atoms with E-state index < -0.39 is 0 Å². The van der Waals surface area contributed by atoms with Crippen molar-refractivity contribution >= 4 is 16.5 Å². The van der Waals surface area contributed by atoms with Crippen LogP contribution in [0.1, 0.15) is 44.7 Å². The Morgan fingerprint density at radius 3 is 2.48 bits per heavy atom. The summed E-state index contributed by atoms with van der Waals surface area (Å²) >= 11 is 1.89. The maximum atomic E-state index is 4.94. The fourth-order valence-electron chi connectivity index (χ4n) is 2.63. The van der Waals surface area contributed by atoms with E-state index in [1.807, 2.05) is 11.3 Å². The van der Waals surface area contributed by atoms with Crippen molar-refractivity contribution in [2.45, 2.75) is 53.1 Å². The van der Waals surface area contributed by atoms with E-state index in [1.165, 1.54) is 35.2 Å². The molecule has 1 aromatic rings. The molecule has 1 aromatic heterocycles. The van der Waals surface area contributed by atoms with Gasteiger partial charge in [-0.05, 0) is 13.0 Å². The van der Waals surface area contributed by atoms with Crippen molar-refractivity contribution in [3.63, 3.8) is 0 Å². The topological polar surface area (TPSA) is 31.4 Å². The van der Waals surface area contributed by atoms with Gasteiger partial charge in [-0.3, -0.25) is 0 Å². The molecule has 4 nitrogen and oxygen atoms in total. The zero-order chi connectivity index (χ0) is 15.2. The van der Waals surface area contributed by atoms with Crippen LogP contribution in [0.3, 0.4) is 0 Å². The Morgan fingerprint density at radius 1 is 1.19 bits per heavy atom. The molecule has 1 fully saturated rings. The Balaban J connectivity index is 2.04. The first-order valence-corrected chi connectivity index (χ1v) is 9.14. The highest BCUT2D eigenvalue weighted by atomic mass is 32.1. The van der Waals surface area contributed by atoms with Crippen LogP contribution in [-0.2, 0) is 13.0 Å². The highest BCUT2D eigenvalue weighted by Gasteiger charge is 2.20. The zero-order valence-electron chi connectivity index (χ0n) is 14.0. The molecule has 1 aliphatic heterocycles. The third kappa shape index (κ3) is 4.66. The molecule has 0 spiro atoms. The fourth-order valence-corrected chi connectivity index (χ4v) is 3.74. The minimum Gasteiger partial charge on any atom is -0.346 e. The van der Waals surface area contributed by atoms with Crippen LogP contribution in [0, 0.1) is 0 Å². The minimum atomic E-state index is 0.526. The second-order valence-corrected chi connectivity index (χ2v) is 7.14. The molecule has 0 radical (unpaired) electrons. The monoisotopic (exact) mass is 310 g/mol. The second-order valence-electron chi connectivity index (χ2n) is 6.07. The van der Waals surface area contributed by atoms with Gasteiger partial charge in [-0.2, -0.15) is 0 Å². The van der Waals surface area contributed by atoms with Gasteiger partial charge < -0.3 is 15.1 Å². The predicted molar refractivity (Wildman–Crippen MR) is 92.4 cm³/mol. The average Bonchev–Trinajstić information content (AvgIpc) is 2.89. The number of piperazine rings is 1. The third-order valence-corrected chi connectivity index (χ3v) is 5.17. The Bertz CT molecular complexity index is 422. The van der Waals surface area contributed by atoms with E-state index in [2.05, 4.69) is 42.8 Å². The van der Waals surface area contributed by atoms with Gasteiger partial charge in [0.2, 0.25) is 0 Å². The van der Waals surface area contributed by atoms with Gasteiger partial charge in [-0.25, -0.2) is 4.98 Å². The smallest absolute Gasteiger partial charge is 0.185 e. The molecule has 2 rings (SSSR count). The van der Waals surface area contributed by atoms with Gasteiger partial charge in [-0.15, -0.1) is 11.3 Å². The van der Waals surface area contributed by atoms with Crippen LogP contribution < -0.4 is 10.2 Å². The maximum absolute atomic E-state index is 4.94. The number of aromatic nitrogens is 1. The van der Waals surface area contributed by atoms with Crippen LogP contribution >= 0.6 is 11.3 Å². The SMILES string of the molecule is CCCc1nc(N2CCN(CC)CC2)sc1CNC(C)C. The van der Waals surface area contributed by atoms with Crippen LogP contribution in [-0.4, -0.2) is 48.6 Å². The van der Waals surface area contributed by atoms with Crippen molar-refractivity contribution in [3.05, 3.63) is 10.6 Å². The largest absolute Gasteiger partial charge is 0.346 e. The highest BCUT2D eigenvalue weighted by molar-refractivity contribution is 7.15. The van der Waals surface area contributed by atoms with E-state index in [1.54, 1.807) is 0 Å². The zero-order valence-corrected chi connectivity index (χ0v) is 14.8. The standard InChI is InChI=1S/C16H30N4S/c1-5-7-14-15(12-17-13(3)4)21-16(18-14)20-10-8-19(6-2)9-11-20/h13,17H,5-12H2,1-4H3. The molecule has 0 bridgehead atoms. The molecule has 1 saturated heterocycles. The number of nitrogens with one attached hydrogen (secondary N) is 1. The lowest BCUT2D eigenvalue weighted by molar-refractivity contribution is 0.271. The summed E-state index contributed by atoms with van der Waals surface area (Å²) < 4.78 is 0. The number of thiazole rings is 1. The summed E-state index contributed by atoms with van der Waals surface area (Å²) in [6.45, 7) is 15.6. The van der Waals surface area contributed by atoms with Gasteiger partial charge in [0.1, 0.15) is 0 Å². The molecule has 120 valence electrons. The van der Waals surface area contributed by atoms with E-state index in [0.717, 1.165) is 32.6 Å². The molecule has 0 saturated carbocycles. The van der Waals surface area contributed by atoms with Crippen molar-refractivity contribution in [2.24, 2.45) is 0 Å². The average molecular weight is 311 g/mol. The lowest BCUT2D eigenvalue weighted by Gasteiger charge is -2.33. The number of likely N-dealkylation sites (N-methyl/N-ethyl adjacent to an activating group) is 1. The Hall–Kier alpha value is -0.650. The van der Waals surface area contributed by atoms with Crippen molar-refractivity contribution in [3.8, 4) is 0 Å². The summed E-state index contributed by atoms with van der Waals surface area (Å²) in [5, 5.41) is 4.77. The molecular weight excluding hydrogens is 280 g/mol. The Kier molecular flexibility index (Phi) is 6.45. The predicted octanol–water partition coefficient (Wildman–Crippen LogP) is 2.74. The summed E-state index contributed by atoms with van der Waals surface area (Å²) in [7, 11) is 0. The van der Waals surface area contributed by atoms with E-state index in [-0.39, 0.29) is 0 Å². The molecule has 0 aromatic carbocycles. The Labute approximate surface area is 133 Å². The summed E-state index contributed by atoms with van der Waals surface area (Å²) in [5.41, 5.74) is 1.31. The van der Waals surface area contributed by atoms with Crippen LogP contribution in [0.4, 0.5) is 5.13 Å². The van der Waals surface area contributed by atoms with Crippen LogP contribution in [0.5, 0.6) is 0 Å². The van der Waals surface area contributed by atoms with E-state index in [0.29, 0.717) is 6.04 Å². The molecular formula is C16H30N4S. The van der Waals surface area contributed by atoms with E-state index in [9.17, 15) is 0 Å². The summed E-state index contributed by atoms with van der Waals surface area (Å²) in [6, 6.07) is 0.526. The molecule has 0 atom stereocenters. The fraction of sp³-hybridized carbons (Fsp3) is 0.812. The van der Waals surface area contributed by atoms with Crippen molar-refractivity contribution in [1.29, 1.82) is 0 Å². The molecule has 0 aliphatic carbocycles. The summed E-state index contributed by atoms with van der Waals surface area (Å²) in [5.74, 6) is 0. The van der Waals surface area contributed by atoms with Gasteiger partial charge in [0.25, 0.3) is 0 Å². The highest BCUT2D eigenvalue weighted by Crippen LogP contribution is 2.28. The lowest BCUT2D eigenvalue weighted by Crippen LogP contribution is -2.46. The Morgan fingerprint density at radius 2 is 1.90 bits per heavy atom. The first kappa shape index (κ1) is 16.7. The second kappa shape index (κ2) is 8.11. The van der Waals surface area contributed by atoms with E-state index in [4.69, 9.17) is 4.98 Å². The molecule has 21 heavy (non-hydrogen) atoms. The summed E-state index contributed by atoms with van der Waals surface area (Å²) in [6.07, 6.45) is 2.27.